The number of carbonyl (C=O) groups excluding carboxylic acids is 1. The fourth-order valence-corrected chi connectivity index (χ4v) is 1.63. The lowest BCUT2D eigenvalue weighted by Gasteiger charge is -2.11. The predicted octanol–water partition coefficient (Wildman–Crippen LogP) is 2.32. The van der Waals surface area contributed by atoms with Crippen molar-refractivity contribution in [3.8, 4) is 5.75 Å². The second-order valence-electron chi connectivity index (χ2n) is 4.51. The molecule has 0 aliphatic carbocycles. The minimum atomic E-state index is 0.0365. The normalized spacial score (nSPS) is 10.4. The average Bonchev–Trinajstić information content (AvgIpc) is 2.29. The highest BCUT2D eigenvalue weighted by Crippen LogP contribution is 2.19. The second-order valence-corrected chi connectivity index (χ2v) is 4.51. The first kappa shape index (κ1) is 13.6. The molecule has 0 aliphatic heterocycles. The van der Waals surface area contributed by atoms with E-state index in [1.807, 2.05) is 26.0 Å². The van der Waals surface area contributed by atoms with Gasteiger partial charge in [-0.15, -0.1) is 0 Å². The van der Waals surface area contributed by atoms with Crippen molar-refractivity contribution in [2.45, 2.75) is 27.2 Å². The highest BCUT2D eigenvalue weighted by molar-refractivity contribution is 5.77. The Morgan fingerprint density at radius 1 is 1.41 bits per heavy atom. The average molecular weight is 235 g/mol. The minimum absolute atomic E-state index is 0.0365. The van der Waals surface area contributed by atoms with Crippen molar-refractivity contribution in [1.82, 2.24) is 5.32 Å². The summed E-state index contributed by atoms with van der Waals surface area (Å²) in [6, 6.07) is 6.09. The van der Waals surface area contributed by atoms with Gasteiger partial charge >= 0.3 is 0 Å². The Bertz CT molecular complexity index is 386. The molecule has 0 aromatic heterocycles. The van der Waals surface area contributed by atoms with Gasteiger partial charge in [0.15, 0.2) is 0 Å². The number of nitrogens with one attached hydrogen (secondary N) is 1. The van der Waals surface area contributed by atoms with Gasteiger partial charge in [0, 0.05) is 12.5 Å². The number of amides is 1. The Balaban J connectivity index is 2.56. The zero-order valence-electron chi connectivity index (χ0n) is 11.0. The molecule has 1 aromatic rings. The molecule has 1 aromatic carbocycles. The van der Waals surface area contributed by atoms with Crippen LogP contribution >= 0.6 is 0 Å². The summed E-state index contributed by atoms with van der Waals surface area (Å²) in [5, 5.41) is 2.91. The standard InChI is InChI=1S/C14H21NO2/c1-10(2)14(16)15-8-7-12-9-11(3)5-6-13(12)17-4/h5-6,9-10H,7-8H2,1-4H3,(H,15,16). The monoisotopic (exact) mass is 235 g/mol. The maximum Gasteiger partial charge on any atom is 0.222 e. The molecule has 1 amide bonds. The molecule has 0 atom stereocenters. The van der Waals surface area contributed by atoms with Gasteiger partial charge in [-0.1, -0.05) is 31.5 Å². The van der Waals surface area contributed by atoms with Gasteiger partial charge in [-0.2, -0.15) is 0 Å². The summed E-state index contributed by atoms with van der Waals surface area (Å²) in [5.74, 6) is 1.01. The molecule has 17 heavy (non-hydrogen) atoms. The predicted molar refractivity (Wildman–Crippen MR) is 69.3 cm³/mol. The Hall–Kier alpha value is -1.51. The highest BCUT2D eigenvalue weighted by atomic mass is 16.5. The van der Waals surface area contributed by atoms with Gasteiger partial charge in [0.25, 0.3) is 0 Å². The fraction of sp³-hybridized carbons (Fsp3) is 0.500. The number of hydrogen-bond donors (Lipinski definition) is 1. The first-order valence-corrected chi connectivity index (χ1v) is 5.96. The van der Waals surface area contributed by atoms with E-state index in [0.717, 1.165) is 17.7 Å². The number of rotatable bonds is 5. The third kappa shape index (κ3) is 4.10. The van der Waals surface area contributed by atoms with Gasteiger partial charge in [-0.05, 0) is 25.0 Å². The Morgan fingerprint density at radius 2 is 2.12 bits per heavy atom. The summed E-state index contributed by atoms with van der Waals surface area (Å²) in [6.07, 6.45) is 0.795. The number of ether oxygens (including phenoxy) is 1. The number of carbonyl (C=O) groups is 1. The van der Waals surface area contributed by atoms with E-state index in [1.165, 1.54) is 5.56 Å². The first-order chi connectivity index (χ1) is 8.04. The lowest BCUT2D eigenvalue weighted by molar-refractivity contribution is -0.123. The maximum atomic E-state index is 11.4. The SMILES string of the molecule is COc1ccc(C)cc1CCNC(=O)C(C)C. The summed E-state index contributed by atoms with van der Waals surface area (Å²) in [7, 11) is 1.67. The van der Waals surface area contributed by atoms with E-state index in [-0.39, 0.29) is 11.8 Å². The molecule has 1 rings (SSSR count). The van der Waals surface area contributed by atoms with Crippen LogP contribution in [-0.4, -0.2) is 19.6 Å². The van der Waals surface area contributed by atoms with Gasteiger partial charge < -0.3 is 10.1 Å². The van der Waals surface area contributed by atoms with Crippen LogP contribution < -0.4 is 10.1 Å². The quantitative estimate of drug-likeness (QED) is 0.850. The molecule has 94 valence electrons. The second kappa shape index (κ2) is 6.28. The van der Waals surface area contributed by atoms with Crippen LogP contribution in [0.3, 0.4) is 0 Å². The molecule has 3 nitrogen and oxygen atoms in total. The molecular weight excluding hydrogens is 214 g/mol. The Morgan fingerprint density at radius 3 is 2.71 bits per heavy atom. The van der Waals surface area contributed by atoms with Crippen LogP contribution in [0, 0.1) is 12.8 Å². The molecule has 1 N–H and O–H groups in total. The molecule has 0 bridgehead atoms. The molecule has 0 heterocycles. The summed E-state index contributed by atoms with van der Waals surface area (Å²) >= 11 is 0. The highest BCUT2D eigenvalue weighted by Gasteiger charge is 2.07. The molecule has 3 heteroatoms. The third-order valence-electron chi connectivity index (χ3n) is 2.65. The van der Waals surface area contributed by atoms with Crippen LogP contribution in [-0.2, 0) is 11.2 Å². The molecule has 0 saturated heterocycles. The van der Waals surface area contributed by atoms with E-state index in [1.54, 1.807) is 7.11 Å². The summed E-state index contributed by atoms with van der Waals surface area (Å²) in [5.41, 5.74) is 2.34. The van der Waals surface area contributed by atoms with Crippen molar-refractivity contribution in [1.29, 1.82) is 0 Å². The maximum absolute atomic E-state index is 11.4. The largest absolute Gasteiger partial charge is 0.496 e. The molecule has 0 aliphatic rings. The van der Waals surface area contributed by atoms with E-state index < -0.39 is 0 Å². The van der Waals surface area contributed by atoms with Crippen LogP contribution in [0.25, 0.3) is 0 Å². The first-order valence-electron chi connectivity index (χ1n) is 5.96. The summed E-state index contributed by atoms with van der Waals surface area (Å²) in [4.78, 5) is 11.4. The van der Waals surface area contributed by atoms with Gasteiger partial charge in [0.05, 0.1) is 7.11 Å². The number of benzene rings is 1. The van der Waals surface area contributed by atoms with Gasteiger partial charge in [0.2, 0.25) is 5.91 Å². The van der Waals surface area contributed by atoms with Crippen LogP contribution in [0.2, 0.25) is 0 Å². The number of aryl methyl sites for hydroxylation is 1. The van der Waals surface area contributed by atoms with Gasteiger partial charge in [0.1, 0.15) is 5.75 Å². The van der Waals surface area contributed by atoms with Crippen LogP contribution in [0.4, 0.5) is 0 Å². The molecular formula is C14H21NO2. The Labute approximate surface area is 103 Å². The molecule has 0 radical (unpaired) electrons. The smallest absolute Gasteiger partial charge is 0.222 e. The lowest BCUT2D eigenvalue weighted by atomic mass is 10.1. The Kier molecular flexibility index (Phi) is 5.01. The van der Waals surface area contributed by atoms with Crippen molar-refractivity contribution >= 4 is 5.91 Å². The zero-order chi connectivity index (χ0) is 12.8. The van der Waals surface area contributed by atoms with Crippen molar-refractivity contribution in [3.63, 3.8) is 0 Å². The third-order valence-corrected chi connectivity index (χ3v) is 2.65. The molecule has 0 fully saturated rings. The minimum Gasteiger partial charge on any atom is -0.496 e. The van der Waals surface area contributed by atoms with Crippen molar-refractivity contribution < 1.29 is 9.53 Å². The van der Waals surface area contributed by atoms with E-state index in [0.29, 0.717) is 6.54 Å². The molecule has 0 spiro atoms. The summed E-state index contributed by atoms with van der Waals surface area (Å²) in [6.45, 7) is 6.48. The lowest BCUT2D eigenvalue weighted by Crippen LogP contribution is -2.29. The van der Waals surface area contributed by atoms with Gasteiger partial charge in [-0.25, -0.2) is 0 Å². The summed E-state index contributed by atoms with van der Waals surface area (Å²) < 4.78 is 5.29. The fourth-order valence-electron chi connectivity index (χ4n) is 1.63. The van der Waals surface area contributed by atoms with Crippen molar-refractivity contribution in [3.05, 3.63) is 29.3 Å². The van der Waals surface area contributed by atoms with E-state index in [4.69, 9.17) is 4.74 Å². The number of methoxy groups -OCH3 is 1. The van der Waals surface area contributed by atoms with Crippen LogP contribution in [0.5, 0.6) is 5.75 Å². The van der Waals surface area contributed by atoms with Crippen LogP contribution in [0.1, 0.15) is 25.0 Å². The van der Waals surface area contributed by atoms with Crippen molar-refractivity contribution in [2.24, 2.45) is 5.92 Å². The van der Waals surface area contributed by atoms with E-state index >= 15 is 0 Å². The van der Waals surface area contributed by atoms with Gasteiger partial charge in [-0.3, -0.25) is 4.79 Å². The van der Waals surface area contributed by atoms with E-state index in [2.05, 4.69) is 18.3 Å². The molecule has 0 unspecified atom stereocenters. The topological polar surface area (TPSA) is 38.3 Å². The van der Waals surface area contributed by atoms with Crippen LogP contribution in [0.15, 0.2) is 18.2 Å². The molecule has 0 saturated carbocycles. The van der Waals surface area contributed by atoms with E-state index in [9.17, 15) is 4.79 Å². The number of hydrogen-bond acceptors (Lipinski definition) is 2. The van der Waals surface area contributed by atoms with Crippen molar-refractivity contribution in [2.75, 3.05) is 13.7 Å². The zero-order valence-corrected chi connectivity index (χ0v) is 11.0.